The van der Waals surface area contributed by atoms with Crippen LogP contribution in [0, 0.1) is 0 Å². The van der Waals surface area contributed by atoms with Crippen LogP contribution in [-0.4, -0.2) is 16.7 Å². The molecule has 1 fully saturated rings. The van der Waals surface area contributed by atoms with Gasteiger partial charge in [0.1, 0.15) is 5.82 Å². The highest BCUT2D eigenvalue weighted by Gasteiger charge is 2.45. The highest BCUT2D eigenvalue weighted by molar-refractivity contribution is 5.70. The monoisotopic (exact) mass is 163 g/mol. The van der Waals surface area contributed by atoms with E-state index >= 15 is 0 Å². The number of aromatic nitrogens is 1. The molecule has 1 saturated carbocycles. The van der Waals surface area contributed by atoms with Crippen LogP contribution >= 0.6 is 0 Å². The van der Waals surface area contributed by atoms with Crippen LogP contribution in [0.15, 0.2) is 12.3 Å². The zero-order valence-corrected chi connectivity index (χ0v) is 7.22. The van der Waals surface area contributed by atoms with E-state index in [9.17, 15) is 0 Å². The molecule has 0 saturated heterocycles. The van der Waals surface area contributed by atoms with Crippen molar-refractivity contribution in [3.8, 4) is 0 Å². The zero-order valence-electron chi connectivity index (χ0n) is 7.22. The van der Waals surface area contributed by atoms with Crippen molar-refractivity contribution in [2.24, 2.45) is 7.05 Å². The number of nitrogens with zero attached hydrogens (tertiary/aromatic N) is 1. The molecule has 0 bridgehead atoms. The minimum Gasteiger partial charge on any atom is -0.380 e. The summed E-state index contributed by atoms with van der Waals surface area (Å²) in [5, 5.41) is 7.05. The number of fused-ring (bicyclic) bond motifs is 1. The van der Waals surface area contributed by atoms with E-state index in [0.29, 0.717) is 5.54 Å². The van der Waals surface area contributed by atoms with Crippen LogP contribution < -0.4 is 10.6 Å². The van der Waals surface area contributed by atoms with Crippen molar-refractivity contribution in [1.82, 2.24) is 4.57 Å². The lowest BCUT2D eigenvalue weighted by molar-refractivity contribution is 0.733. The van der Waals surface area contributed by atoms with Crippen molar-refractivity contribution in [2.45, 2.75) is 18.4 Å². The molecule has 0 atom stereocenters. The second-order valence-electron chi connectivity index (χ2n) is 3.95. The molecule has 2 heterocycles. The van der Waals surface area contributed by atoms with Crippen molar-refractivity contribution in [1.29, 1.82) is 0 Å². The molecule has 1 aromatic heterocycles. The van der Waals surface area contributed by atoms with Crippen molar-refractivity contribution in [2.75, 3.05) is 17.2 Å². The molecule has 0 unspecified atom stereocenters. The summed E-state index contributed by atoms with van der Waals surface area (Å²) in [5.74, 6) is 1.25. The maximum Gasteiger partial charge on any atom is 0.130 e. The first-order chi connectivity index (χ1) is 5.79. The topological polar surface area (TPSA) is 29.0 Å². The van der Waals surface area contributed by atoms with Crippen LogP contribution in [-0.2, 0) is 7.05 Å². The number of anilines is 2. The molecule has 64 valence electrons. The minimum atomic E-state index is 0.402. The molecule has 3 rings (SSSR count). The Labute approximate surface area is 71.8 Å². The largest absolute Gasteiger partial charge is 0.380 e. The third kappa shape index (κ3) is 0.709. The number of rotatable bonds is 0. The molecule has 1 aliphatic heterocycles. The maximum atomic E-state index is 3.60. The van der Waals surface area contributed by atoms with Crippen LogP contribution in [0.1, 0.15) is 12.8 Å². The smallest absolute Gasteiger partial charge is 0.130 e. The minimum absolute atomic E-state index is 0.402. The molecular weight excluding hydrogens is 150 g/mol. The van der Waals surface area contributed by atoms with Gasteiger partial charge in [0, 0.05) is 19.8 Å². The highest BCUT2D eigenvalue weighted by atomic mass is 15.2. The zero-order chi connectivity index (χ0) is 8.18. The Bertz CT molecular complexity index is 323. The molecular formula is C9H13N3. The molecule has 2 N–H and O–H groups in total. The van der Waals surface area contributed by atoms with E-state index in [1.54, 1.807) is 0 Å². The Balaban J connectivity index is 2.04. The van der Waals surface area contributed by atoms with Crippen LogP contribution in [0.2, 0.25) is 0 Å². The average molecular weight is 163 g/mol. The summed E-state index contributed by atoms with van der Waals surface area (Å²) in [6.07, 6.45) is 4.71. The van der Waals surface area contributed by atoms with Gasteiger partial charge in [-0.1, -0.05) is 0 Å². The normalized spacial score (nSPS) is 22.8. The fourth-order valence-corrected chi connectivity index (χ4v) is 1.84. The summed E-state index contributed by atoms with van der Waals surface area (Å²) in [7, 11) is 2.08. The molecule has 12 heavy (non-hydrogen) atoms. The Morgan fingerprint density at radius 1 is 1.50 bits per heavy atom. The molecule has 1 aliphatic carbocycles. The van der Waals surface area contributed by atoms with Crippen LogP contribution in [0.25, 0.3) is 0 Å². The van der Waals surface area contributed by atoms with Gasteiger partial charge in [-0.25, -0.2) is 0 Å². The fraction of sp³-hybridized carbons (Fsp3) is 0.556. The van der Waals surface area contributed by atoms with Gasteiger partial charge in [0.25, 0.3) is 0 Å². The number of hydrogen-bond donors (Lipinski definition) is 2. The van der Waals surface area contributed by atoms with Gasteiger partial charge in [-0.3, -0.25) is 0 Å². The number of nitrogens with one attached hydrogen (secondary N) is 2. The van der Waals surface area contributed by atoms with Crippen molar-refractivity contribution >= 4 is 11.5 Å². The van der Waals surface area contributed by atoms with Gasteiger partial charge in [-0.2, -0.15) is 0 Å². The van der Waals surface area contributed by atoms with Crippen molar-refractivity contribution in [3.05, 3.63) is 12.3 Å². The maximum absolute atomic E-state index is 3.60. The van der Waals surface area contributed by atoms with Crippen LogP contribution in [0.5, 0.6) is 0 Å². The Morgan fingerprint density at radius 3 is 3.08 bits per heavy atom. The lowest BCUT2D eigenvalue weighted by Gasteiger charge is -2.26. The summed E-state index contributed by atoms with van der Waals surface area (Å²) in [6, 6.07) is 2.12. The van der Waals surface area contributed by atoms with Crippen molar-refractivity contribution < 1.29 is 0 Å². The van der Waals surface area contributed by atoms with Gasteiger partial charge in [-0.05, 0) is 18.9 Å². The Morgan fingerprint density at radius 2 is 2.33 bits per heavy atom. The summed E-state index contributed by atoms with van der Waals surface area (Å²) < 4.78 is 2.14. The molecule has 0 amide bonds. The van der Waals surface area contributed by atoms with E-state index in [4.69, 9.17) is 0 Å². The first-order valence-corrected chi connectivity index (χ1v) is 4.47. The molecule has 3 nitrogen and oxygen atoms in total. The number of aryl methyl sites for hydroxylation is 1. The Kier molecular flexibility index (Phi) is 0.953. The molecule has 1 aromatic rings. The fourth-order valence-electron chi connectivity index (χ4n) is 1.84. The van der Waals surface area contributed by atoms with E-state index in [2.05, 4.69) is 34.5 Å². The standard InChI is InChI=1S/C9H13N3/c1-12-5-2-7-8(12)11-9(3-4-9)6-10-7/h2,5,10-11H,3-4,6H2,1H3. The van der Waals surface area contributed by atoms with E-state index in [1.165, 1.54) is 24.3 Å². The van der Waals surface area contributed by atoms with Crippen LogP contribution in [0.4, 0.5) is 11.5 Å². The molecule has 2 aliphatic rings. The quantitative estimate of drug-likeness (QED) is 0.605. The lowest BCUT2D eigenvalue weighted by atomic mass is 10.2. The van der Waals surface area contributed by atoms with E-state index in [0.717, 1.165) is 6.54 Å². The predicted octanol–water partition coefficient (Wildman–Crippen LogP) is 1.40. The van der Waals surface area contributed by atoms with Gasteiger partial charge < -0.3 is 15.2 Å². The second-order valence-corrected chi connectivity index (χ2v) is 3.95. The van der Waals surface area contributed by atoms with Gasteiger partial charge in [0.05, 0.1) is 11.2 Å². The van der Waals surface area contributed by atoms with Crippen molar-refractivity contribution in [3.63, 3.8) is 0 Å². The van der Waals surface area contributed by atoms with E-state index in [-0.39, 0.29) is 0 Å². The molecule has 0 radical (unpaired) electrons. The van der Waals surface area contributed by atoms with Gasteiger partial charge >= 0.3 is 0 Å². The third-order valence-electron chi connectivity index (χ3n) is 2.93. The third-order valence-corrected chi connectivity index (χ3v) is 2.93. The molecule has 1 spiro atoms. The highest BCUT2D eigenvalue weighted by Crippen LogP contribution is 2.43. The Hall–Kier alpha value is -1.12. The number of hydrogen-bond acceptors (Lipinski definition) is 2. The summed E-state index contributed by atoms with van der Waals surface area (Å²) in [4.78, 5) is 0. The summed E-state index contributed by atoms with van der Waals surface area (Å²) in [5.41, 5.74) is 1.65. The SMILES string of the molecule is Cn1ccc2c1NC1(CC1)CN2. The first-order valence-electron chi connectivity index (χ1n) is 4.47. The molecule has 0 aromatic carbocycles. The van der Waals surface area contributed by atoms with Gasteiger partial charge in [-0.15, -0.1) is 0 Å². The van der Waals surface area contributed by atoms with Gasteiger partial charge in [0.15, 0.2) is 0 Å². The summed E-state index contributed by atoms with van der Waals surface area (Å²) >= 11 is 0. The lowest BCUT2D eigenvalue weighted by Crippen LogP contribution is -2.35. The molecule has 3 heteroatoms. The van der Waals surface area contributed by atoms with Crippen LogP contribution in [0.3, 0.4) is 0 Å². The van der Waals surface area contributed by atoms with Gasteiger partial charge in [0.2, 0.25) is 0 Å². The second kappa shape index (κ2) is 1.79. The first kappa shape index (κ1) is 6.40. The average Bonchev–Trinajstić information content (AvgIpc) is 2.73. The predicted molar refractivity (Wildman–Crippen MR) is 49.5 cm³/mol. The van der Waals surface area contributed by atoms with E-state index < -0.39 is 0 Å². The van der Waals surface area contributed by atoms with E-state index in [1.807, 2.05) is 0 Å². The summed E-state index contributed by atoms with van der Waals surface area (Å²) in [6.45, 7) is 1.09.